The molecule has 0 bridgehead atoms. The van der Waals surface area contributed by atoms with E-state index in [0.29, 0.717) is 36.5 Å². The average Bonchev–Trinajstić information content (AvgIpc) is 2.63. The molecule has 1 amide bonds. The molecular weight excluding hydrogens is 409 g/mol. The zero-order chi connectivity index (χ0) is 17.6. The molecule has 1 aromatic carbocycles. The maximum atomic E-state index is 12.6. The van der Waals surface area contributed by atoms with Gasteiger partial charge in [-0.1, -0.05) is 24.6 Å². The van der Waals surface area contributed by atoms with Gasteiger partial charge in [0.1, 0.15) is 0 Å². The number of halogens is 3. The highest BCUT2D eigenvalue weighted by atomic mass is 35.5. The molecule has 2 N–H and O–H groups in total. The summed E-state index contributed by atoms with van der Waals surface area (Å²) in [5.74, 6) is 1.02. The minimum atomic E-state index is 0. The van der Waals surface area contributed by atoms with Gasteiger partial charge in [-0.15, -0.1) is 24.8 Å². The van der Waals surface area contributed by atoms with Gasteiger partial charge in [-0.2, -0.15) is 0 Å². The molecule has 0 saturated carbocycles. The Hall–Kier alpha value is -0.720. The van der Waals surface area contributed by atoms with Gasteiger partial charge >= 0.3 is 0 Å². The van der Waals surface area contributed by atoms with Crippen molar-refractivity contribution in [2.24, 2.45) is 11.8 Å². The van der Waals surface area contributed by atoms with Crippen molar-refractivity contribution in [3.05, 3.63) is 23.2 Å². The Balaban J connectivity index is 0.00000182. The smallest absolute Gasteiger partial charge is 0.224 e. The van der Waals surface area contributed by atoms with Crippen LogP contribution in [-0.4, -0.2) is 45.3 Å². The van der Waals surface area contributed by atoms with E-state index in [1.54, 1.807) is 0 Å². The fraction of sp³-hybridized carbons (Fsp3) is 0.632. The Kier molecular flexibility index (Phi) is 10.8. The van der Waals surface area contributed by atoms with E-state index in [9.17, 15) is 4.79 Å². The molecule has 2 unspecified atom stereocenters. The lowest BCUT2D eigenvalue weighted by atomic mass is 9.85. The number of ether oxygens (including phenoxy) is 1. The predicted octanol–water partition coefficient (Wildman–Crippen LogP) is 3.98. The molecule has 2 fully saturated rings. The maximum absolute atomic E-state index is 12.6. The Morgan fingerprint density at radius 1 is 1.37 bits per heavy atom. The summed E-state index contributed by atoms with van der Waals surface area (Å²) in [6.07, 6.45) is 2.95. The van der Waals surface area contributed by atoms with Crippen molar-refractivity contribution < 1.29 is 9.53 Å². The second kappa shape index (κ2) is 12.0. The van der Waals surface area contributed by atoms with Crippen molar-refractivity contribution in [2.75, 3.05) is 49.6 Å². The number of carbonyl (C=O) groups is 1. The number of hydrogen-bond acceptors (Lipinski definition) is 4. The highest BCUT2D eigenvalue weighted by molar-refractivity contribution is 6.34. The Morgan fingerprint density at radius 3 is 2.78 bits per heavy atom. The van der Waals surface area contributed by atoms with Crippen molar-refractivity contribution in [2.45, 2.75) is 26.2 Å². The van der Waals surface area contributed by atoms with E-state index in [0.717, 1.165) is 37.6 Å². The number of rotatable bonds is 5. The van der Waals surface area contributed by atoms with Crippen molar-refractivity contribution >= 4 is 53.7 Å². The van der Waals surface area contributed by atoms with Crippen LogP contribution in [0.15, 0.2) is 18.2 Å². The minimum absolute atomic E-state index is 0. The third-order valence-electron chi connectivity index (χ3n) is 5.24. The average molecular weight is 439 g/mol. The van der Waals surface area contributed by atoms with Gasteiger partial charge in [0, 0.05) is 19.5 Å². The highest BCUT2D eigenvalue weighted by Gasteiger charge is 2.23. The van der Waals surface area contributed by atoms with Gasteiger partial charge in [-0.3, -0.25) is 4.79 Å². The zero-order valence-electron chi connectivity index (χ0n) is 15.7. The van der Waals surface area contributed by atoms with Gasteiger partial charge in [0.15, 0.2) is 0 Å². The second-order valence-corrected chi connectivity index (χ2v) is 7.48. The summed E-state index contributed by atoms with van der Waals surface area (Å²) in [6.45, 7) is 7.24. The molecule has 2 atom stereocenters. The topological polar surface area (TPSA) is 53.6 Å². The molecule has 27 heavy (non-hydrogen) atoms. The molecule has 5 nitrogen and oxygen atoms in total. The lowest BCUT2D eigenvalue weighted by Gasteiger charge is -2.31. The molecule has 154 valence electrons. The quantitative estimate of drug-likeness (QED) is 0.730. The summed E-state index contributed by atoms with van der Waals surface area (Å²) in [5, 5.41) is 7.19. The number of anilines is 2. The summed E-state index contributed by atoms with van der Waals surface area (Å²) in [5.41, 5.74) is 1.71. The SMILES string of the molecule is CC(CC(=O)Nc1cccc(Cl)c1N1CCOCC1)C1CCCNC1.Cl.Cl. The Morgan fingerprint density at radius 2 is 2.11 bits per heavy atom. The van der Waals surface area contributed by atoms with E-state index in [4.69, 9.17) is 16.3 Å². The van der Waals surface area contributed by atoms with Crippen molar-refractivity contribution in [3.8, 4) is 0 Å². The second-order valence-electron chi connectivity index (χ2n) is 7.07. The lowest BCUT2D eigenvalue weighted by Crippen LogP contribution is -2.37. The zero-order valence-corrected chi connectivity index (χ0v) is 18.1. The van der Waals surface area contributed by atoms with Gasteiger partial charge in [0.2, 0.25) is 5.91 Å². The molecule has 2 saturated heterocycles. The standard InChI is InChI=1S/C19H28ClN3O2.2ClH/c1-14(15-4-3-7-21-13-15)12-18(24)22-17-6-2-5-16(20)19(17)23-8-10-25-11-9-23;;/h2,5-6,14-15,21H,3-4,7-13H2,1H3,(H,22,24);2*1H. The highest BCUT2D eigenvalue weighted by Crippen LogP contribution is 2.35. The van der Waals surface area contributed by atoms with Gasteiger partial charge < -0.3 is 20.3 Å². The summed E-state index contributed by atoms with van der Waals surface area (Å²) in [4.78, 5) is 14.8. The molecule has 2 aliphatic rings. The van der Waals surface area contributed by atoms with E-state index >= 15 is 0 Å². The van der Waals surface area contributed by atoms with Crippen molar-refractivity contribution in [3.63, 3.8) is 0 Å². The first-order valence-corrected chi connectivity index (χ1v) is 9.64. The van der Waals surface area contributed by atoms with Crippen molar-refractivity contribution in [1.29, 1.82) is 0 Å². The van der Waals surface area contributed by atoms with Crippen LogP contribution in [0.5, 0.6) is 0 Å². The number of para-hydroxylation sites is 1. The third kappa shape index (κ3) is 6.68. The predicted molar refractivity (Wildman–Crippen MR) is 117 cm³/mol. The number of piperidine rings is 1. The molecule has 3 rings (SSSR count). The molecule has 0 spiro atoms. The van der Waals surface area contributed by atoms with E-state index < -0.39 is 0 Å². The fourth-order valence-corrected chi connectivity index (χ4v) is 4.04. The number of morpholine rings is 1. The molecule has 0 aliphatic carbocycles. The van der Waals surface area contributed by atoms with Crippen LogP contribution >= 0.6 is 36.4 Å². The van der Waals surface area contributed by atoms with Gasteiger partial charge in [-0.25, -0.2) is 0 Å². The number of nitrogens with one attached hydrogen (secondary N) is 2. The van der Waals surface area contributed by atoms with Crippen LogP contribution in [0.3, 0.4) is 0 Å². The van der Waals surface area contributed by atoms with Crippen LogP contribution in [-0.2, 0) is 9.53 Å². The molecule has 2 heterocycles. The normalized spacial score (nSPS) is 20.8. The van der Waals surface area contributed by atoms with Crippen LogP contribution in [0.4, 0.5) is 11.4 Å². The number of carbonyl (C=O) groups excluding carboxylic acids is 1. The molecule has 2 aliphatic heterocycles. The van der Waals surface area contributed by atoms with Crippen LogP contribution in [0.1, 0.15) is 26.2 Å². The first-order chi connectivity index (χ1) is 12.1. The van der Waals surface area contributed by atoms with E-state index in [1.807, 2.05) is 18.2 Å². The van der Waals surface area contributed by atoms with E-state index in [-0.39, 0.29) is 30.7 Å². The molecule has 8 heteroatoms. The number of nitrogens with zero attached hydrogens (tertiary/aromatic N) is 1. The van der Waals surface area contributed by atoms with Crippen LogP contribution in [0, 0.1) is 11.8 Å². The largest absolute Gasteiger partial charge is 0.378 e. The van der Waals surface area contributed by atoms with Crippen LogP contribution < -0.4 is 15.5 Å². The lowest BCUT2D eigenvalue weighted by molar-refractivity contribution is -0.117. The molecule has 0 aromatic heterocycles. The van der Waals surface area contributed by atoms with E-state index in [1.165, 1.54) is 12.8 Å². The molecular formula is C19H30Cl3N3O2. The van der Waals surface area contributed by atoms with E-state index in [2.05, 4.69) is 22.5 Å². The summed E-state index contributed by atoms with van der Waals surface area (Å²) in [7, 11) is 0. The van der Waals surface area contributed by atoms with Gasteiger partial charge in [0.25, 0.3) is 0 Å². The Bertz CT molecular complexity index is 592. The number of hydrogen-bond donors (Lipinski definition) is 2. The van der Waals surface area contributed by atoms with Gasteiger partial charge in [0.05, 0.1) is 29.6 Å². The summed E-state index contributed by atoms with van der Waals surface area (Å²) in [6, 6.07) is 5.69. The van der Waals surface area contributed by atoms with Crippen LogP contribution in [0.2, 0.25) is 5.02 Å². The molecule has 0 radical (unpaired) electrons. The third-order valence-corrected chi connectivity index (χ3v) is 5.54. The monoisotopic (exact) mass is 437 g/mol. The van der Waals surface area contributed by atoms with Crippen LogP contribution in [0.25, 0.3) is 0 Å². The first-order valence-electron chi connectivity index (χ1n) is 9.27. The first kappa shape index (κ1) is 24.3. The molecule has 1 aromatic rings. The summed E-state index contributed by atoms with van der Waals surface area (Å²) >= 11 is 6.43. The van der Waals surface area contributed by atoms with Gasteiger partial charge in [-0.05, 0) is 49.9 Å². The number of benzene rings is 1. The minimum Gasteiger partial charge on any atom is -0.378 e. The maximum Gasteiger partial charge on any atom is 0.224 e. The Labute approximate surface area is 179 Å². The van der Waals surface area contributed by atoms with Crippen molar-refractivity contribution in [1.82, 2.24) is 5.32 Å². The summed E-state index contributed by atoms with van der Waals surface area (Å²) < 4.78 is 5.42. The number of amides is 1. The fourth-order valence-electron chi connectivity index (χ4n) is 3.75.